The van der Waals surface area contributed by atoms with Crippen molar-refractivity contribution >= 4 is 23.5 Å². The highest BCUT2D eigenvalue weighted by molar-refractivity contribution is 5.98. The van der Waals surface area contributed by atoms with Crippen LogP contribution < -0.4 is 9.47 Å². The van der Waals surface area contributed by atoms with Crippen LogP contribution in [-0.4, -0.2) is 46.9 Å². The van der Waals surface area contributed by atoms with Crippen LogP contribution in [0.5, 0.6) is 11.5 Å². The number of carboxylic acids is 2. The van der Waals surface area contributed by atoms with Gasteiger partial charge in [-0.25, -0.2) is 0 Å². The summed E-state index contributed by atoms with van der Waals surface area (Å²) in [4.78, 5) is 47.0. The van der Waals surface area contributed by atoms with E-state index in [2.05, 4.69) is 0 Å². The number of carbonyl (C=O) groups is 4. The first kappa shape index (κ1) is 35.3. The number of hydrogen-bond acceptors (Lipinski definition) is 6. The molecular formula is C35H46O8. The van der Waals surface area contributed by atoms with Gasteiger partial charge in [-0.3, -0.25) is 19.2 Å². The fourth-order valence-corrected chi connectivity index (χ4v) is 4.88. The molecule has 2 atom stereocenters. The second-order valence-corrected chi connectivity index (χ2v) is 10.7. The van der Waals surface area contributed by atoms with Gasteiger partial charge >= 0.3 is 11.9 Å². The number of carbonyl (C=O) groups excluding carboxylic acids is 2. The van der Waals surface area contributed by atoms with Crippen molar-refractivity contribution in [1.82, 2.24) is 0 Å². The van der Waals surface area contributed by atoms with Crippen molar-refractivity contribution in [3.63, 3.8) is 0 Å². The molecule has 0 fully saturated rings. The number of ether oxygens (including phenoxy) is 2. The van der Waals surface area contributed by atoms with Crippen molar-refractivity contribution < 1.29 is 38.9 Å². The lowest BCUT2D eigenvalue weighted by molar-refractivity contribution is -0.138. The molecule has 0 aliphatic rings. The minimum Gasteiger partial charge on any atom is -0.490 e. The molecule has 234 valence electrons. The molecule has 0 saturated carbocycles. The Balaban J connectivity index is 1.71. The summed E-state index contributed by atoms with van der Waals surface area (Å²) >= 11 is 0. The molecule has 0 spiro atoms. The number of benzene rings is 2. The summed E-state index contributed by atoms with van der Waals surface area (Å²) in [6.07, 6.45) is 10.5. The fourth-order valence-electron chi connectivity index (χ4n) is 4.88. The number of unbranched alkanes of at least 4 members (excludes halogenated alkanes) is 3. The number of hydrogen-bond donors (Lipinski definition) is 2. The zero-order chi connectivity index (χ0) is 31.5. The summed E-state index contributed by atoms with van der Waals surface area (Å²) in [6.45, 7) is 4.68. The van der Waals surface area contributed by atoms with Crippen molar-refractivity contribution in [2.24, 2.45) is 11.8 Å². The van der Waals surface area contributed by atoms with E-state index in [0.717, 1.165) is 38.5 Å². The van der Waals surface area contributed by atoms with Crippen LogP contribution in [0.2, 0.25) is 0 Å². The van der Waals surface area contributed by atoms with Crippen LogP contribution in [0.15, 0.2) is 60.7 Å². The van der Waals surface area contributed by atoms with E-state index in [0.29, 0.717) is 55.1 Å². The summed E-state index contributed by atoms with van der Waals surface area (Å²) in [6, 6.07) is 14.2. The summed E-state index contributed by atoms with van der Waals surface area (Å²) < 4.78 is 11.5. The van der Waals surface area contributed by atoms with Crippen LogP contribution in [0.4, 0.5) is 0 Å². The second-order valence-electron chi connectivity index (χ2n) is 10.7. The molecular weight excluding hydrogens is 548 g/mol. The van der Waals surface area contributed by atoms with Crippen molar-refractivity contribution in [3.05, 3.63) is 71.8 Å². The van der Waals surface area contributed by atoms with Gasteiger partial charge in [-0.2, -0.15) is 0 Å². The lowest BCUT2D eigenvalue weighted by Crippen LogP contribution is -2.14. The third kappa shape index (κ3) is 13.7. The highest BCUT2D eigenvalue weighted by Gasteiger charge is 2.19. The standard InChI is InChI=1S/C35H46O8/c1-3-26(12-6-5-7-14-32(36)37)34(40)28-16-20-30(21-17-28)42-24-10-11-25-43-31-22-18-29(19-23-31)35(41)27(4-2)13-8-9-15-33(38)39/h10-11,16-23,26-27H,3-9,12-15,24-25H2,1-2H3,(H,36,37)(H,38,39)/b11-10-. The van der Waals surface area contributed by atoms with Gasteiger partial charge in [-0.1, -0.05) is 33.1 Å². The Labute approximate surface area is 255 Å². The van der Waals surface area contributed by atoms with Crippen LogP contribution >= 0.6 is 0 Å². The Kier molecular flexibility index (Phi) is 16.4. The monoisotopic (exact) mass is 594 g/mol. The molecule has 0 saturated heterocycles. The topological polar surface area (TPSA) is 127 Å². The molecule has 0 aliphatic heterocycles. The Morgan fingerprint density at radius 2 is 0.977 bits per heavy atom. The fraction of sp³-hybridized carbons (Fsp3) is 0.486. The molecule has 2 N–H and O–H groups in total. The summed E-state index contributed by atoms with van der Waals surface area (Å²) in [7, 11) is 0. The van der Waals surface area contributed by atoms with E-state index in [1.807, 2.05) is 26.0 Å². The second kappa shape index (κ2) is 20.1. The third-order valence-corrected chi connectivity index (χ3v) is 7.50. The minimum atomic E-state index is -0.807. The number of rotatable bonds is 23. The molecule has 0 aliphatic carbocycles. The maximum atomic E-state index is 12.9. The SMILES string of the molecule is CCC(CCCCCC(=O)O)C(=O)c1ccc(OC/C=C\COc2ccc(C(=O)C(CC)CCCCC(=O)O)cc2)cc1. The average molecular weight is 595 g/mol. The van der Waals surface area contributed by atoms with Gasteiger partial charge in [-0.15, -0.1) is 0 Å². The van der Waals surface area contributed by atoms with E-state index in [9.17, 15) is 19.2 Å². The van der Waals surface area contributed by atoms with Gasteiger partial charge < -0.3 is 19.7 Å². The van der Waals surface area contributed by atoms with Crippen LogP contribution in [0.3, 0.4) is 0 Å². The largest absolute Gasteiger partial charge is 0.490 e. The molecule has 0 amide bonds. The van der Waals surface area contributed by atoms with Crippen LogP contribution in [0.25, 0.3) is 0 Å². The molecule has 0 heterocycles. The number of Topliss-reactive ketones (excluding diaryl/α,β-unsaturated/α-hetero) is 2. The minimum absolute atomic E-state index is 0.0636. The van der Waals surface area contributed by atoms with E-state index >= 15 is 0 Å². The molecule has 2 aromatic carbocycles. The van der Waals surface area contributed by atoms with Crippen LogP contribution in [-0.2, 0) is 9.59 Å². The quantitative estimate of drug-likeness (QED) is 0.0758. The van der Waals surface area contributed by atoms with Crippen molar-refractivity contribution in [1.29, 1.82) is 0 Å². The van der Waals surface area contributed by atoms with Crippen LogP contribution in [0.1, 0.15) is 105 Å². The Morgan fingerprint density at radius 1 is 0.605 bits per heavy atom. The zero-order valence-corrected chi connectivity index (χ0v) is 25.5. The van der Waals surface area contributed by atoms with E-state index in [-0.39, 0.29) is 36.2 Å². The number of ketones is 2. The number of carboxylic acid groups (broad SMARTS) is 2. The first-order valence-corrected chi connectivity index (χ1v) is 15.4. The number of aliphatic carboxylic acids is 2. The lowest BCUT2D eigenvalue weighted by atomic mass is 9.90. The molecule has 0 radical (unpaired) electrons. The Hall–Kier alpha value is -3.94. The molecule has 2 rings (SSSR count). The predicted molar refractivity (Wildman–Crippen MR) is 166 cm³/mol. The first-order valence-electron chi connectivity index (χ1n) is 15.4. The van der Waals surface area contributed by atoms with Gasteiger partial charge in [0.15, 0.2) is 11.6 Å². The molecule has 0 bridgehead atoms. The van der Waals surface area contributed by atoms with Crippen molar-refractivity contribution in [2.75, 3.05) is 13.2 Å². The molecule has 8 nitrogen and oxygen atoms in total. The highest BCUT2D eigenvalue weighted by Crippen LogP contribution is 2.23. The lowest BCUT2D eigenvalue weighted by Gasteiger charge is -2.14. The van der Waals surface area contributed by atoms with Gasteiger partial charge in [0.1, 0.15) is 24.7 Å². The molecule has 43 heavy (non-hydrogen) atoms. The predicted octanol–water partition coefficient (Wildman–Crippen LogP) is 7.80. The van der Waals surface area contributed by atoms with Gasteiger partial charge in [0.2, 0.25) is 0 Å². The average Bonchev–Trinajstić information content (AvgIpc) is 3.00. The molecule has 2 aromatic rings. The van der Waals surface area contributed by atoms with Gasteiger partial charge in [0.05, 0.1) is 0 Å². The molecule has 0 aromatic heterocycles. The van der Waals surface area contributed by atoms with E-state index < -0.39 is 11.9 Å². The maximum absolute atomic E-state index is 12.9. The smallest absolute Gasteiger partial charge is 0.303 e. The Morgan fingerprint density at radius 3 is 1.35 bits per heavy atom. The van der Waals surface area contributed by atoms with Gasteiger partial charge in [0.25, 0.3) is 0 Å². The normalized spacial score (nSPS) is 12.5. The van der Waals surface area contributed by atoms with Crippen molar-refractivity contribution in [2.45, 2.75) is 84.5 Å². The van der Waals surface area contributed by atoms with E-state index in [4.69, 9.17) is 19.7 Å². The summed E-state index contributed by atoms with van der Waals surface area (Å²) in [5.74, 6) is -0.254. The van der Waals surface area contributed by atoms with Gasteiger partial charge in [-0.05, 0) is 99.2 Å². The zero-order valence-electron chi connectivity index (χ0n) is 25.5. The molecule has 2 unspecified atom stereocenters. The van der Waals surface area contributed by atoms with E-state index in [1.54, 1.807) is 48.5 Å². The summed E-state index contributed by atoms with van der Waals surface area (Å²) in [5.41, 5.74) is 1.29. The van der Waals surface area contributed by atoms with Crippen LogP contribution in [0, 0.1) is 11.8 Å². The third-order valence-electron chi connectivity index (χ3n) is 7.50. The molecule has 8 heteroatoms. The summed E-state index contributed by atoms with van der Waals surface area (Å²) in [5, 5.41) is 17.5. The van der Waals surface area contributed by atoms with E-state index in [1.165, 1.54) is 0 Å². The highest BCUT2D eigenvalue weighted by atomic mass is 16.5. The Bertz CT molecular complexity index is 1170. The van der Waals surface area contributed by atoms with Gasteiger partial charge in [0, 0.05) is 35.8 Å². The first-order chi connectivity index (χ1) is 20.7. The maximum Gasteiger partial charge on any atom is 0.303 e. The van der Waals surface area contributed by atoms with Crippen molar-refractivity contribution in [3.8, 4) is 11.5 Å².